The van der Waals surface area contributed by atoms with Crippen LogP contribution in [0.4, 0.5) is 10.2 Å². The van der Waals surface area contributed by atoms with E-state index in [0.717, 1.165) is 36.3 Å². The Balaban J connectivity index is 1.42. The van der Waals surface area contributed by atoms with E-state index in [0.29, 0.717) is 18.8 Å². The summed E-state index contributed by atoms with van der Waals surface area (Å²) in [7, 11) is 0. The molecule has 0 spiro atoms. The molecule has 28 heavy (non-hydrogen) atoms. The third-order valence-electron chi connectivity index (χ3n) is 4.97. The first-order valence-electron chi connectivity index (χ1n) is 9.68. The highest BCUT2D eigenvalue weighted by molar-refractivity contribution is 5.78. The zero-order chi connectivity index (χ0) is 19.9. The molecule has 1 aliphatic heterocycles. The number of carbonyl (C=O) groups excluding carboxylic acids is 1. The number of hydrogen-bond acceptors (Lipinski definition) is 5. The number of nitrogens with zero attached hydrogens (tertiary/aromatic N) is 1. The van der Waals surface area contributed by atoms with E-state index in [4.69, 9.17) is 5.73 Å². The predicted octanol–water partition coefficient (Wildman–Crippen LogP) is 1.19. The summed E-state index contributed by atoms with van der Waals surface area (Å²) >= 11 is 0. The van der Waals surface area contributed by atoms with Gasteiger partial charge in [0.2, 0.25) is 5.91 Å². The molecule has 7 heteroatoms. The zero-order valence-electron chi connectivity index (χ0n) is 16.2. The SMILES string of the molecule is Cc1cc(N)nc(C[C@@H]2CNC[C@@H]2NC(=O)CNCCc2cccc(F)c2)c1. The van der Waals surface area contributed by atoms with Gasteiger partial charge in [0, 0.05) is 24.8 Å². The highest BCUT2D eigenvalue weighted by atomic mass is 19.1. The van der Waals surface area contributed by atoms with Gasteiger partial charge in [0.05, 0.1) is 6.54 Å². The third kappa shape index (κ3) is 6.00. The number of hydrogen-bond donors (Lipinski definition) is 4. The molecule has 0 aliphatic carbocycles. The van der Waals surface area contributed by atoms with Gasteiger partial charge in [-0.2, -0.15) is 0 Å². The van der Waals surface area contributed by atoms with Gasteiger partial charge in [-0.3, -0.25) is 4.79 Å². The van der Waals surface area contributed by atoms with Crippen LogP contribution in [0.3, 0.4) is 0 Å². The maximum absolute atomic E-state index is 13.2. The molecular weight excluding hydrogens is 357 g/mol. The summed E-state index contributed by atoms with van der Waals surface area (Å²) in [5.74, 6) is 0.545. The average Bonchev–Trinajstić information content (AvgIpc) is 3.04. The molecule has 1 aliphatic rings. The molecule has 150 valence electrons. The summed E-state index contributed by atoms with van der Waals surface area (Å²) in [6.45, 7) is 4.46. The molecule has 5 N–H and O–H groups in total. The minimum Gasteiger partial charge on any atom is -0.384 e. The lowest BCUT2D eigenvalue weighted by atomic mass is 9.97. The number of aromatic nitrogens is 1. The Bertz CT molecular complexity index is 793. The smallest absolute Gasteiger partial charge is 0.234 e. The second-order valence-electron chi connectivity index (χ2n) is 7.41. The Morgan fingerprint density at radius 2 is 2.18 bits per heavy atom. The molecule has 0 radical (unpaired) electrons. The van der Waals surface area contributed by atoms with E-state index >= 15 is 0 Å². The monoisotopic (exact) mass is 385 g/mol. The average molecular weight is 385 g/mol. The first-order valence-corrected chi connectivity index (χ1v) is 9.68. The molecule has 2 aromatic rings. The van der Waals surface area contributed by atoms with Crippen molar-refractivity contribution in [1.82, 2.24) is 20.9 Å². The summed E-state index contributed by atoms with van der Waals surface area (Å²) < 4.78 is 13.2. The van der Waals surface area contributed by atoms with E-state index in [-0.39, 0.29) is 30.2 Å². The molecule has 2 heterocycles. The number of amides is 1. The van der Waals surface area contributed by atoms with Crippen molar-refractivity contribution >= 4 is 11.7 Å². The highest BCUT2D eigenvalue weighted by Gasteiger charge is 2.28. The molecule has 1 saturated heterocycles. The van der Waals surface area contributed by atoms with Crippen molar-refractivity contribution in [2.75, 3.05) is 31.9 Å². The fourth-order valence-corrected chi connectivity index (χ4v) is 3.64. The summed E-state index contributed by atoms with van der Waals surface area (Å²) in [6, 6.07) is 10.5. The zero-order valence-corrected chi connectivity index (χ0v) is 16.2. The maximum Gasteiger partial charge on any atom is 0.234 e. The molecule has 2 atom stereocenters. The number of rotatable bonds is 8. The number of aryl methyl sites for hydroxylation is 1. The normalized spacial score (nSPS) is 18.9. The molecule has 1 amide bonds. The standard InChI is InChI=1S/C21H28FN5O/c1-14-7-18(26-20(23)8-14)10-16-11-25-12-19(16)27-21(28)13-24-6-5-15-3-2-4-17(22)9-15/h2-4,7-9,16,19,24-25H,5-6,10-13H2,1H3,(H2,23,26)(H,27,28)/t16-,19+/m1/s1. The topological polar surface area (TPSA) is 92.1 Å². The quantitative estimate of drug-likeness (QED) is 0.513. The van der Waals surface area contributed by atoms with Gasteiger partial charge >= 0.3 is 0 Å². The van der Waals surface area contributed by atoms with Crippen LogP contribution in [0.15, 0.2) is 36.4 Å². The van der Waals surface area contributed by atoms with Gasteiger partial charge in [0.25, 0.3) is 0 Å². The van der Waals surface area contributed by atoms with Crippen LogP contribution in [0, 0.1) is 18.7 Å². The van der Waals surface area contributed by atoms with Gasteiger partial charge < -0.3 is 21.7 Å². The number of benzene rings is 1. The van der Waals surface area contributed by atoms with Crippen LogP contribution in [0.5, 0.6) is 0 Å². The number of nitrogen functional groups attached to an aromatic ring is 1. The van der Waals surface area contributed by atoms with Crippen molar-refractivity contribution in [1.29, 1.82) is 0 Å². The third-order valence-corrected chi connectivity index (χ3v) is 4.97. The number of halogens is 1. The number of carbonyl (C=O) groups is 1. The van der Waals surface area contributed by atoms with Crippen LogP contribution in [-0.4, -0.2) is 43.1 Å². The molecule has 0 unspecified atom stereocenters. The van der Waals surface area contributed by atoms with Crippen molar-refractivity contribution in [2.24, 2.45) is 5.92 Å². The van der Waals surface area contributed by atoms with E-state index in [1.807, 2.05) is 25.1 Å². The van der Waals surface area contributed by atoms with Crippen LogP contribution < -0.4 is 21.7 Å². The Morgan fingerprint density at radius 1 is 1.32 bits per heavy atom. The van der Waals surface area contributed by atoms with E-state index in [1.165, 1.54) is 12.1 Å². The number of nitrogens with two attached hydrogens (primary N) is 1. The fourth-order valence-electron chi connectivity index (χ4n) is 3.64. The van der Waals surface area contributed by atoms with Crippen molar-refractivity contribution in [2.45, 2.75) is 25.8 Å². The van der Waals surface area contributed by atoms with Gasteiger partial charge in [-0.25, -0.2) is 9.37 Å². The second kappa shape index (κ2) is 9.61. The molecule has 6 nitrogen and oxygen atoms in total. The molecule has 0 bridgehead atoms. The summed E-state index contributed by atoms with van der Waals surface area (Å²) in [5.41, 5.74) is 8.81. The van der Waals surface area contributed by atoms with E-state index in [9.17, 15) is 9.18 Å². The van der Waals surface area contributed by atoms with Gasteiger partial charge in [-0.15, -0.1) is 0 Å². The number of anilines is 1. The lowest BCUT2D eigenvalue weighted by Crippen LogP contribution is -2.45. The maximum atomic E-state index is 13.2. The summed E-state index contributed by atoms with van der Waals surface area (Å²) in [5, 5.41) is 9.57. The van der Waals surface area contributed by atoms with Crippen LogP contribution in [0.1, 0.15) is 16.8 Å². The lowest BCUT2D eigenvalue weighted by molar-refractivity contribution is -0.121. The minimum absolute atomic E-state index is 0.0327. The largest absolute Gasteiger partial charge is 0.384 e. The van der Waals surface area contributed by atoms with Crippen LogP contribution in [0.25, 0.3) is 0 Å². The van der Waals surface area contributed by atoms with Crippen molar-refractivity contribution < 1.29 is 9.18 Å². The Hall–Kier alpha value is -2.51. The molecular formula is C21H28FN5O. The first-order chi connectivity index (χ1) is 13.5. The van der Waals surface area contributed by atoms with E-state index in [2.05, 4.69) is 20.9 Å². The van der Waals surface area contributed by atoms with Gasteiger partial charge in [0.15, 0.2) is 0 Å². The molecule has 1 aromatic carbocycles. The second-order valence-corrected chi connectivity index (χ2v) is 7.41. The number of nitrogens with one attached hydrogen (secondary N) is 3. The Morgan fingerprint density at radius 3 is 2.96 bits per heavy atom. The Kier molecular flexibility index (Phi) is 6.95. The highest BCUT2D eigenvalue weighted by Crippen LogP contribution is 2.17. The summed E-state index contributed by atoms with van der Waals surface area (Å²) in [4.78, 5) is 16.7. The van der Waals surface area contributed by atoms with Crippen molar-refractivity contribution in [3.05, 3.63) is 59.0 Å². The predicted molar refractivity (Wildman–Crippen MR) is 108 cm³/mol. The van der Waals surface area contributed by atoms with Crippen LogP contribution >= 0.6 is 0 Å². The molecule has 1 aromatic heterocycles. The van der Waals surface area contributed by atoms with Crippen molar-refractivity contribution in [3.8, 4) is 0 Å². The molecule has 3 rings (SSSR count). The van der Waals surface area contributed by atoms with E-state index < -0.39 is 0 Å². The lowest BCUT2D eigenvalue weighted by Gasteiger charge is -2.20. The fraction of sp³-hybridized carbons (Fsp3) is 0.429. The molecule has 0 saturated carbocycles. The summed E-state index contributed by atoms with van der Waals surface area (Å²) in [6.07, 6.45) is 1.45. The van der Waals surface area contributed by atoms with E-state index in [1.54, 1.807) is 6.07 Å². The first kappa shape index (κ1) is 20.2. The minimum atomic E-state index is -0.236. The van der Waals surface area contributed by atoms with Gasteiger partial charge in [0.1, 0.15) is 11.6 Å². The molecule has 1 fully saturated rings. The van der Waals surface area contributed by atoms with Gasteiger partial charge in [-0.05, 0) is 67.6 Å². The Labute approximate surface area is 165 Å². The van der Waals surface area contributed by atoms with Crippen molar-refractivity contribution in [3.63, 3.8) is 0 Å². The van der Waals surface area contributed by atoms with Crippen LogP contribution in [-0.2, 0) is 17.6 Å². The number of pyridine rings is 1. The van der Waals surface area contributed by atoms with Gasteiger partial charge in [-0.1, -0.05) is 12.1 Å². The van der Waals surface area contributed by atoms with Crippen LogP contribution in [0.2, 0.25) is 0 Å².